The van der Waals surface area contributed by atoms with E-state index in [0.717, 1.165) is 32.0 Å². The van der Waals surface area contributed by atoms with Crippen LogP contribution in [0.15, 0.2) is 47.3 Å². The summed E-state index contributed by atoms with van der Waals surface area (Å²) in [6, 6.07) is 13.1. The van der Waals surface area contributed by atoms with Gasteiger partial charge in [0.2, 0.25) is 0 Å². The fourth-order valence-electron chi connectivity index (χ4n) is 3.01. The van der Waals surface area contributed by atoms with E-state index in [4.69, 9.17) is 23.2 Å². The zero-order valence-corrected chi connectivity index (χ0v) is 16.4. The lowest BCUT2D eigenvalue weighted by atomic mass is 10.0. The number of fused-ring (bicyclic) bond motifs is 1. The summed E-state index contributed by atoms with van der Waals surface area (Å²) in [6.07, 6.45) is 0. The molecule has 0 saturated heterocycles. The van der Waals surface area contributed by atoms with Crippen LogP contribution >= 0.6 is 34.5 Å². The van der Waals surface area contributed by atoms with Crippen molar-refractivity contribution in [2.75, 3.05) is 0 Å². The van der Waals surface area contributed by atoms with Gasteiger partial charge in [-0.05, 0) is 61.4 Å². The van der Waals surface area contributed by atoms with Crippen LogP contribution in [-0.4, -0.2) is 9.97 Å². The zero-order valence-electron chi connectivity index (χ0n) is 14.1. The van der Waals surface area contributed by atoms with Crippen molar-refractivity contribution < 1.29 is 0 Å². The monoisotopic (exact) mass is 400 g/mol. The predicted molar refractivity (Wildman–Crippen MR) is 111 cm³/mol. The normalized spacial score (nSPS) is 11.2. The van der Waals surface area contributed by atoms with Crippen LogP contribution in [0.25, 0.3) is 32.7 Å². The lowest BCUT2D eigenvalue weighted by Crippen LogP contribution is -2.09. The van der Waals surface area contributed by atoms with Crippen LogP contribution in [0, 0.1) is 13.8 Å². The van der Waals surface area contributed by atoms with E-state index in [1.807, 2.05) is 44.2 Å². The van der Waals surface area contributed by atoms with Crippen molar-refractivity contribution in [2.45, 2.75) is 13.8 Å². The third-order valence-corrected chi connectivity index (χ3v) is 5.98. The molecule has 0 fully saturated rings. The Kier molecular flexibility index (Phi) is 4.35. The largest absolute Gasteiger partial charge is 0.306 e. The topological polar surface area (TPSA) is 45.8 Å². The number of nitrogens with zero attached hydrogens (tertiary/aromatic N) is 1. The number of thiophene rings is 1. The highest BCUT2D eigenvalue weighted by Gasteiger charge is 2.17. The Morgan fingerprint density at radius 2 is 1.69 bits per heavy atom. The minimum absolute atomic E-state index is 0.146. The van der Waals surface area contributed by atoms with Gasteiger partial charge in [0.25, 0.3) is 5.56 Å². The summed E-state index contributed by atoms with van der Waals surface area (Å²) in [5, 5.41) is 1.97. The molecule has 26 heavy (non-hydrogen) atoms. The third kappa shape index (κ3) is 2.94. The van der Waals surface area contributed by atoms with Crippen LogP contribution in [0.4, 0.5) is 0 Å². The fraction of sp³-hybridized carbons (Fsp3) is 0.100. The van der Waals surface area contributed by atoms with Gasteiger partial charge in [-0.25, -0.2) is 4.98 Å². The molecule has 2 heterocycles. The minimum Gasteiger partial charge on any atom is -0.306 e. The van der Waals surface area contributed by atoms with Crippen LogP contribution in [-0.2, 0) is 0 Å². The molecule has 0 aliphatic heterocycles. The van der Waals surface area contributed by atoms with Gasteiger partial charge in [0.15, 0.2) is 0 Å². The maximum absolute atomic E-state index is 12.9. The lowest BCUT2D eigenvalue weighted by molar-refractivity contribution is 1.19. The van der Waals surface area contributed by atoms with Gasteiger partial charge in [-0.2, -0.15) is 0 Å². The van der Waals surface area contributed by atoms with Crippen molar-refractivity contribution in [3.8, 4) is 22.5 Å². The molecule has 0 saturated carbocycles. The number of H-pyrrole nitrogens is 1. The van der Waals surface area contributed by atoms with Crippen LogP contribution in [0.1, 0.15) is 10.4 Å². The number of hydrogen-bond acceptors (Lipinski definition) is 3. The molecule has 0 radical (unpaired) electrons. The maximum Gasteiger partial charge on any atom is 0.260 e. The summed E-state index contributed by atoms with van der Waals surface area (Å²) in [7, 11) is 0. The van der Waals surface area contributed by atoms with E-state index < -0.39 is 0 Å². The first kappa shape index (κ1) is 17.3. The molecule has 0 bridgehead atoms. The Morgan fingerprint density at radius 1 is 1.00 bits per heavy atom. The maximum atomic E-state index is 12.9. The predicted octanol–water partition coefficient (Wildman–Crippen LogP) is 6.24. The molecule has 6 heteroatoms. The summed E-state index contributed by atoms with van der Waals surface area (Å²) in [5.74, 6) is 0.541. The average Bonchev–Trinajstić information content (AvgIpc) is 2.94. The molecule has 0 atom stereocenters. The Hall–Kier alpha value is -2.14. The van der Waals surface area contributed by atoms with E-state index in [2.05, 4.69) is 9.97 Å². The van der Waals surface area contributed by atoms with Crippen LogP contribution in [0.5, 0.6) is 0 Å². The van der Waals surface area contributed by atoms with Crippen molar-refractivity contribution >= 4 is 44.8 Å². The molecule has 3 nitrogen and oxygen atoms in total. The second-order valence-electron chi connectivity index (χ2n) is 6.10. The summed E-state index contributed by atoms with van der Waals surface area (Å²) in [6.45, 7) is 3.96. The van der Waals surface area contributed by atoms with E-state index >= 15 is 0 Å². The zero-order chi connectivity index (χ0) is 18.4. The molecule has 4 rings (SSSR count). The van der Waals surface area contributed by atoms with Crippen molar-refractivity contribution in [1.29, 1.82) is 0 Å². The molecule has 2 aromatic carbocycles. The van der Waals surface area contributed by atoms with Crippen molar-refractivity contribution in [2.24, 2.45) is 0 Å². The molecule has 2 aromatic heterocycles. The van der Waals surface area contributed by atoms with Crippen molar-refractivity contribution in [3.05, 3.63) is 73.3 Å². The Balaban J connectivity index is 1.94. The molecule has 0 aliphatic rings. The molecule has 0 aliphatic carbocycles. The van der Waals surface area contributed by atoms with Crippen molar-refractivity contribution in [3.63, 3.8) is 0 Å². The number of nitrogens with one attached hydrogen (secondary N) is 1. The van der Waals surface area contributed by atoms with Crippen molar-refractivity contribution in [1.82, 2.24) is 9.97 Å². The molecule has 0 spiro atoms. The smallest absolute Gasteiger partial charge is 0.260 e. The number of rotatable bonds is 2. The number of halogens is 2. The number of aromatic nitrogens is 2. The molecule has 130 valence electrons. The molecule has 1 N–H and O–H groups in total. The molecular formula is C20H14Cl2N2OS. The highest BCUT2D eigenvalue weighted by molar-refractivity contribution is 7.19. The molecule has 4 aromatic rings. The number of hydrogen-bond donors (Lipinski definition) is 1. The Morgan fingerprint density at radius 3 is 2.38 bits per heavy atom. The van der Waals surface area contributed by atoms with Crippen LogP contribution < -0.4 is 5.56 Å². The van der Waals surface area contributed by atoms with E-state index in [1.54, 1.807) is 12.1 Å². The molecular weight excluding hydrogens is 387 g/mol. The number of benzene rings is 2. The van der Waals surface area contributed by atoms with Gasteiger partial charge in [0, 0.05) is 26.0 Å². The fourth-order valence-corrected chi connectivity index (χ4v) is 4.30. The van der Waals surface area contributed by atoms with E-state index in [0.29, 0.717) is 21.3 Å². The van der Waals surface area contributed by atoms with Gasteiger partial charge in [-0.3, -0.25) is 4.79 Å². The highest BCUT2D eigenvalue weighted by atomic mass is 35.5. The standard InChI is InChI=1S/C20H14Cl2N2OS/c1-10-9-13(5-8-15(10)22)16-11(2)26-20-17(16)19(25)23-18(24-20)12-3-6-14(21)7-4-12/h3-9H,1-2H3,(H,23,24,25). The van der Waals surface area contributed by atoms with E-state index in [-0.39, 0.29) is 5.56 Å². The average molecular weight is 401 g/mol. The first-order valence-corrected chi connectivity index (χ1v) is 9.57. The van der Waals surface area contributed by atoms with Gasteiger partial charge in [0.1, 0.15) is 10.7 Å². The van der Waals surface area contributed by atoms with Gasteiger partial charge in [-0.15, -0.1) is 11.3 Å². The van der Waals surface area contributed by atoms with Gasteiger partial charge in [-0.1, -0.05) is 29.3 Å². The van der Waals surface area contributed by atoms with Gasteiger partial charge >= 0.3 is 0 Å². The first-order valence-electron chi connectivity index (χ1n) is 8.00. The summed E-state index contributed by atoms with van der Waals surface area (Å²) >= 11 is 13.6. The third-order valence-electron chi connectivity index (χ3n) is 4.30. The second-order valence-corrected chi connectivity index (χ2v) is 8.15. The number of aryl methyl sites for hydroxylation is 2. The summed E-state index contributed by atoms with van der Waals surface area (Å²) < 4.78 is 0. The minimum atomic E-state index is -0.146. The number of aromatic amines is 1. The quantitative estimate of drug-likeness (QED) is 0.432. The Bertz CT molecular complexity index is 1190. The molecule has 0 unspecified atom stereocenters. The highest BCUT2D eigenvalue weighted by Crippen LogP contribution is 2.37. The molecule has 0 amide bonds. The van der Waals surface area contributed by atoms with Gasteiger partial charge in [0.05, 0.1) is 5.39 Å². The van der Waals surface area contributed by atoms with E-state index in [1.165, 1.54) is 11.3 Å². The SMILES string of the molecule is Cc1cc(-c2c(C)sc3nc(-c4ccc(Cl)cc4)[nH]c(=O)c23)ccc1Cl. The summed E-state index contributed by atoms with van der Waals surface area (Å²) in [5.41, 5.74) is 3.55. The Labute approximate surface area is 164 Å². The summed E-state index contributed by atoms with van der Waals surface area (Å²) in [4.78, 5) is 22.2. The van der Waals surface area contributed by atoms with Crippen LogP contribution in [0.3, 0.4) is 0 Å². The first-order chi connectivity index (χ1) is 12.4. The van der Waals surface area contributed by atoms with Crippen LogP contribution in [0.2, 0.25) is 10.0 Å². The van der Waals surface area contributed by atoms with Gasteiger partial charge < -0.3 is 4.98 Å². The second kappa shape index (κ2) is 6.54. The lowest BCUT2D eigenvalue weighted by Gasteiger charge is -2.05. The van der Waals surface area contributed by atoms with E-state index in [9.17, 15) is 4.79 Å².